The minimum atomic E-state index is -0.0622. The van der Waals surface area contributed by atoms with Crippen molar-refractivity contribution in [2.45, 2.75) is 31.6 Å². The van der Waals surface area contributed by atoms with Crippen molar-refractivity contribution in [2.75, 3.05) is 18.4 Å². The molecule has 2 aliphatic rings. The molecule has 2 aliphatic heterocycles. The maximum Gasteiger partial charge on any atom is 0.232 e. The van der Waals surface area contributed by atoms with Crippen LogP contribution in [0.3, 0.4) is 0 Å². The van der Waals surface area contributed by atoms with E-state index in [2.05, 4.69) is 23.5 Å². The molecule has 2 heterocycles. The summed E-state index contributed by atoms with van der Waals surface area (Å²) in [6, 6.07) is 18.1. The lowest BCUT2D eigenvalue weighted by atomic mass is 9.80. The van der Waals surface area contributed by atoms with Gasteiger partial charge in [-0.25, -0.2) is 0 Å². The third kappa shape index (κ3) is 3.36. The summed E-state index contributed by atoms with van der Waals surface area (Å²) in [5, 5.41) is 3.00. The first-order valence-corrected chi connectivity index (χ1v) is 9.44. The fourth-order valence-electron chi connectivity index (χ4n) is 4.24. The van der Waals surface area contributed by atoms with E-state index in [0.717, 1.165) is 43.6 Å². The van der Waals surface area contributed by atoms with Crippen LogP contribution in [0.2, 0.25) is 0 Å². The first kappa shape index (κ1) is 16.8. The number of nitrogens with zero attached hydrogens (tertiary/aromatic N) is 1. The zero-order valence-electron chi connectivity index (χ0n) is 14.9. The van der Waals surface area contributed by atoms with Crippen LogP contribution in [0.15, 0.2) is 54.6 Å². The smallest absolute Gasteiger partial charge is 0.232 e. The van der Waals surface area contributed by atoms with Gasteiger partial charge in [0.2, 0.25) is 11.8 Å². The van der Waals surface area contributed by atoms with Crippen molar-refractivity contribution in [3.05, 3.63) is 65.7 Å². The Labute approximate surface area is 154 Å². The lowest BCUT2D eigenvalue weighted by Gasteiger charge is -2.34. The number of anilines is 1. The highest BCUT2D eigenvalue weighted by atomic mass is 16.2. The first-order valence-electron chi connectivity index (χ1n) is 9.44. The van der Waals surface area contributed by atoms with Crippen LogP contribution in [0.1, 0.15) is 36.3 Å². The van der Waals surface area contributed by atoms with Crippen molar-refractivity contribution in [1.82, 2.24) is 4.90 Å². The Morgan fingerprint density at radius 3 is 2.46 bits per heavy atom. The third-order valence-corrected chi connectivity index (χ3v) is 5.67. The molecule has 0 bridgehead atoms. The van der Waals surface area contributed by atoms with Gasteiger partial charge in [-0.3, -0.25) is 9.59 Å². The summed E-state index contributed by atoms with van der Waals surface area (Å²) in [4.78, 5) is 26.9. The number of piperidine rings is 1. The zero-order chi connectivity index (χ0) is 17.9. The monoisotopic (exact) mass is 348 g/mol. The van der Waals surface area contributed by atoms with Gasteiger partial charge in [-0.1, -0.05) is 48.5 Å². The van der Waals surface area contributed by atoms with E-state index in [1.807, 2.05) is 41.3 Å². The Hall–Kier alpha value is -2.62. The predicted octanol–water partition coefficient (Wildman–Crippen LogP) is 3.59. The molecule has 1 N–H and O–H groups in total. The number of amides is 2. The minimum absolute atomic E-state index is 0.0622. The number of carbonyl (C=O) groups is 2. The van der Waals surface area contributed by atoms with E-state index in [1.165, 1.54) is 5.56 Å². The number of benzene rings is 2. The van der Waals surface area contributed by atoms with Gasteiger partial charge in [0, 0.05) is 25.2 Å². The topological polar surface area (TPSA) is 49.4 Å². The molecule has 26 heavy (non-hydrogen) atoms. The Morgan fingerprint density at radius 2 is 1.69 bits per heavy atom. The van der Waals surface area contributed by atoms with Crippen LogP contribution in [-0.4, -0.2) is 29.8 Å². The van der Waals surface area contributed by atoms with Gasteiger partial charge in [0.15, 0.2) is 0 Å². The summed E-state index contributed by atoms with van der Waals surface area (Å²) >= 11 is 0. The summed E-state index contributed by atoms with van der Waals surface area (Å²) < 4.78 is 0. The maximum atomic E-state index is 12.5. The summed E-state index contributed by atoms with van der Waals surface area (Å²) in [5.74, 6) is 0.591. The first-order chi connectivity index (χ1) is 12.7. The molecule has 1 unspecified atom stereocenters. The third-order valence-electron chi connectivity index (χ3n) is 5.67. The van der Waals surface area contributed by atoms with Crippen LogP contribution < -0.4 is 5.32 Å². The Balaban J connectivity index is 1.33. The van der Waals surface area contributed by atoms with Crippen LogP contribution in [0.5, 0.6) is 0 Å². The normalized spacial score (nSPS) is 19.9. The van der Waals surface area contributed by atoms with Crippen molar-refractivity contribution < 1.29 is 9.59 Å². The molecular weight excluding hydrogens is 324 g/mol. The fraction of sp³-hybridized carbons (Fsp3) is 0.364. The molecule has 134 valence electrons. The lowest BCUT2D eigenvalue weighted by Crippen LogP contribution is -2.40. The number of hydrogen-bond acceptors (Lipinski definition) is 2. The van der Waals surface area contributed by atoms with E-state index in [1.54, 1.807) is 0 Å². The van der Waals surface area contributed by atoms with E-state index in [9.17, 15) is 9.59 Å². The molecule has 1 fully saturated rings. The number of carbonyl (C=O) groups excluding carboxylic acids is 2. The van der Waals surface area contributed by atoms with Crippen LogP contribution in [0, 0.1) is 5.92 Å². The Morgan fingerprint density at radius 1 is 1.00 bits per heavy atom. The summed E-state index contributed by atoms with van der Waals surface area (Å²) in [7, 11) is 0. The molecule has 2 amide bonds. The average molecular weight is 348 g/mol. The molecule has 4 nitrogen and oxygen atoms in total. The molecule has 0 radical (unpaired) electrons. The van der Waals surface area contributed by atoms with Gasteiger partial charge < -0.3 is 10.2 Å². The van der Waals surface area contributed by atoms with Gasteiger partial charge in [0.05, 0.1) is 5.92 Å². The number of aryl methyl sites for hydroxylation is 1. The second-order valence-corrected chi connectivity index (χ2v) is 7.26. The molecule has 4 heteroatoms. The highest BCUT2D eigenvalue weighted by Gasteiger charge is 2.38. The lowest BCUT2D eigenvalue weighted by molar-refractivity contribution is -0.132. The highest BCUT2D eigenvalue weighted by molar-refractivity contribution is 6.03. The van der Waals surface area contributed by atoms with Crippen molar-refractivity contribution >= 4 is 17.5 Å². The molecule has 4 rings (SSSR count). The van der Waals surface area contributed by atoms with Gasteiger partial charge >= 0.3 is 0 Å². The van der Waals surface area contributed by atoms with Crippen LogP contribution in [0.4, 0.5) is 5.69 Å². The van der Waals surface area contributed by atoms with E-state index in [0.29, 0.717) is 12.3 Å². The van der Waals surface area contributed by atoms with Crippen molar-refractivity contribution in [2.24, 2.45) is 5.92 Å². The zero-order valence-corrected chi connectivity index (χ0v) is 14.9. The molecular formula is C22H24N2O2. The van der Waals surface area contributed by atoms with E-state index in [-0.39, 0.29) is 17.7 Å². The van der Waals surface area contributed by atoms with Gasteiger partial charge in [0.1, 0.15) is 0 Å². The summed E-state index contributed by atoms with van der Waals surface area (Å²) in [6.45, 7) is 1.51. The number of rotatable bonds is 4. The predicted molar refractivity (Wildman–Crippen MR) is 102 cm³/mol. The second-order valence-electron chi connectivity index (χ2n) is 7.26. The molecule has 2 aromatic rings. The van der Waals surface area contributed by atoms with Crippen molar-refractivity contribution in [3.63, 3.8) is 0 Å². The summed E-state index contributed by atoms with van der Waals surface area (Å²) in [5.41, 5.74) is 3.27. The standard InChI is InChI=1S/C22H24N2O2/c25-20(11-10-16-6-2-1-3-7-16)24-14-12-17(13-15-24)21-18-8-4-5-9-19(18)23-22(21)26/h1-9,17,21H,10-15H2,(H,23,26). The molecule has 0 saturated carbocycles. The number of likely N-dealkylation sites (tertiary alicyclic amines) is 1. The minimum Gasteiger partial charge on any atom is -0.343 e. The van der Waals surface area contributed by atoms with Crippen molar-refractivity contribution in [1.29, 1.82) is 0 Å². The van der Waals surface area contributed by atoms with Gasteiger partial charge in [0.25, 0.3) is 0 Å². The van der Waals surface area contributed by atoms with E-state index >= 15 is 0 Å². The number of nitrogens with one attached hydrogen (secondary N) is 1. The molecule has 1 atom stereocenters. The van der Waals surface area contributed by atoms with Gasteiger partial charge in [-0.2, -0.15) is 0 Å². The number of fused-ring (bicyclic) bond motifs is 1. The van der Waals surface area contributed by atoms with E-state index in [4.69, 9.17) is 0 Å². The fourth-order valence-corrected chi connectivity index (χ4v) is 4.24. The van der Waals surface area contributed by atoms with Crippen LogP contribution in [-0.2, 0) is 16.0 Å². The Kier molecular flexibility index (Phi) is 4.74. The molecule has 1 saturated heterocycles. The SMILES string of the molecule is O=C1Nc2ccccc2C1C1CCN(C(=O)CCc2ccccc2)CC1. The second kappa shape index (κ2) is 7.32. The number of hydrogen-bond donors (Lipinski definition) is 1. The maximum absolute atomic E-state index is 12.5. The molecule has 2 aromatic carbocycles. The average Bonchev–Trinajstić information content (AvgIpc) is 3.03. The highest BCUT2D eigenvalue weighted by Crippen LogP contribution is 2.41. The van der Waals surface area contributed by atoms with Crippen LogP contribution >= 0.6 is 0 Å². The summed E-state index contributed by atoms with van der Waals surface area (Å²) in [6.07, 6.45) is 3.13. The Bertz CT molecular complexity index is 795. The molecule has 0 spiro atoms. The van der Waals surface area contributed by atoms with E-state index < -0.39 is 0 Å². The van der Waals surface area contributed by atoms with Gasteiger partial charge in [-0.05, 0) is 42.4 Å². The van der Waals surface area contributed by atoms with Crippen LogP contribution in [0.25, 0.3) is 0 Å². The van der Waals surface area contributed by atoms with Gasteiger partial charge in [-0.15, -0.1) is 0 Å². The molecule has 0 aliphatic carbocycles. The largest absolute Gasteiger partial charge is 0.343 e. The number of para-hydroxylation sites is 1. The van der Waals surface area contributed by atoms with Crippen molar-refractivity contribution in [3.8, 4) is 0 Å². The molecule has 0 aromatic heterocycles. The quantitative estimate of drug-likeness (QED) is 0.918.